The summed E-state index contributed by atoms with van der Waals surface area (Å²) in [4.78, 5) is 41.2. The third kappa shape index (κ3) is 6.59. The second kappa shape index (κ2) is 11.0. The summed E-state index contributed by atoms with van der Waals surface area (Å²) in [6.07, 6.45) is 2.17. The Morgan fingerprint density at radius 2 is 1.93 bits per heavy atom. The Morgan fingerprint density at radius 3 is 2.62 bits per heavy atom. The van der Waals surface area contributed by atoms with Crippen LogP contribution in [0.4, 0.5) is 4.79 Å². The first-order valence-electron chi connectivity index (χ1n) is 9.94. The maximum Gasteiger partial charge on any atom is 0.413 e. The van der Waals surface area contributed by atoms with Crippen LogP contribution in [0.25, 0.3) is 10.9 Å². The lowest BCUT2D eigenvalue weighted by Crippen LogP contribution is -2.33. The van der Waals surface area contributed by atoms with Crippen molar-refractivity contribution in [3.8, 4) is 0 Å². The number of benzene rings is 1. The van der Waals surface area contributed by atoms with Gasteiger partial charge in [-0.25, -0.2) is 9.78 Å². The van der Waals surface area contributed by atoms with E-state index in [1.54, 1.807) is 23.6 Å². The number of carbonyl (C=O) groups is 2. The number of imide groups is 1. The maximum atomic E-state index is 13.1. The van der Waals surface area contributed by atoms with Crippen LogP contribution in [0.3, 0.4) is 0 Å². The van der Waals surface area contributed by atoms with Crippen molar-refractivity contribution in [1.82, 2.24) is 14.9 Å². The molecule has 0 aliphatic heterocycles. The van der Waals surface area contributed by atoms with E-state index in [1.165, 1.54) is 0 Å². The number of nitrogens with zero attached hydrogens (tertiary/aromatic N) is 2. The highest BCUT2D eigenvalue weighted by Crippen LogP contribution is 2.24. The molecule has 2 rings (SSSR count). The number of hydrogen-bond donors (Lipinski definition) is 1. The first-order valence-corrected chi connectivity index (χ1v) is 10.9. The molecule has 1 aromatic carbocycles. The lowest BCUT2D eigenvalue weighted by Gasteiger charge is -2.20. The first-order chi connectivity index (χ1) is 13.8. The van der Waals surface area contributed by atoms with E-state index in [9.17, 15) is 14.4 Å². The van der Waals surface area contributed by atoms with E-state index < -0.39 is 12.0 Å². The van der Waals surface area contributed by atoms with E-state index in [4.69, 9.17) is 4.74 Å². The molecule has 158 valence electrons. The van der Waals surface area contributed by atoms with Gasteiger partial charge in [-0.15, -0.1) is 0 Å². The first kappa shape index (κ1) is 22.9. The minimum absolute atomic E-state index is 0.0394. The third-order valence-electron chi connectivity index (χ3n) is 4.47. The van der Waals surface area contributed by atoms with E-state index >= 15 is 0 Å². The number of carbonyl (C=O) groups excluding carboxylic acids is 2. The molecule has 7 nitrogen and oxygen atoms in total. The molecule has 2 amide bonds. The van der Waals surface area contributed by atoms with E-state index in [1.807, 2.05) is 19.1 Å². The van der Waals surface area contributed by atoms with Crippen LogP contribution in [-0.4, -0.2) is 33.9 Å². The Balaban J connectivity index is 2.25. The Labute approximate surface area is 175 Å². The number of fused-ring (bicyclic) bond motifs is 1. The molecule has 29 heavy (non-hydrogen) atoms. The number of nitrogens with one attached hydrogen (secondary N) is 1. The zero-order chi connectivity index (χ0) is 21.4. The molecule has 0 aliphatic carbocycles. The highest BCUT2D eigenvalue weighted by Gasteiger charge is 2.18. The summed E-state index contributed by atoms with van der Waals surface area (Å²) >= 11 is 1.14. The molecule has 2 aromatic rings. The summed E-state index contributed by atoms with van der Waals surface area (Å²) in [5.74, 6) is 0.0754. The molecule has 0 saturated heterocycles. The second-order valence-corrected chi connectivity index (χ2v) is 8.26. The van der Waals surface area contributed by atoms with Crippen LogP contribution in [0.2, 0.25) is 0 Å². The molecule has 0 aliphatic rings. The van der Waals surface area contributed by atoms with Gasteiger partial charge in [-0.3, -0.25) is 19.5 Å². The van der Waals surface area contributed by atoms with Gasteiger partial charge in [-0.2, -0.15) is 0 Å². The lowest BCUT2D eigenvalue weighted by atomic mass is 10.0. The molecule has 0 unspecified atom stereocenters. The Hall–Kier alpha value is -2.35. The monoisotopic (exact) mass is 419 g/mol. The Morgan fingerprint density at radius 1 is 1.21 bits per heavy atom. The molecule has 8 heteroatoms. The van der Waals surface area contributed by atoms with Crippen LogP contribution >= 0.6 is 11.8 Å². The van der Waals surface area contributed by atoms with Crippen molar-refractivity contribution in [3.63, 3.8) is 0 Å². The van der Waals surface area contributed by atoms with E-state index in [0.717, 1.165) is 31.0 Å². The van der Waals surface area contributed by atoms with Gasteiger partial charge in [0, 0.05) is 6.04 Å². The van der Waals surface area contributed by atoms with Crippen LogP contribution in [0.1, 0.15) is 53.0 Å². The predicted octanol–water partition coefficient (Wildman–Crippen LogP) is 4.15. The van der Waals surface area contributed by atoms with Gasteiger partial charge < -0.3 is 4.74 Å². The predicted molar refractivity (Wildman–Crippen MR) is 115 cm³/mol. The van der Waals surface area contributed by atoms with Gasteiger partial charge in [-0.1, -0.05) is 50.6 Å². The Kier molecular flexibility index (Phi) is 8.70. The average Bonchev–Trinajstić information content (AvgIpc) is 2.66. The van der Waals surface area contributed by atoms with Gasteiger partial charge in [0.1, 0.15) is 0 Å². The molecule has 1 N–H and O–H groups in total. The van der Waals surface area contributed by atoms with Gasteiger partial charge >= 0.3 is 6.09 Å². The van der Waals surface area contributed by atoms with Crippen molar-refractivity contribution in [1.29, 1.82) is 0 Å². The lowest BCUT2D eigenvalue weighted by molar-refractivity contribution is -0.117. The Bertz CT molecular complexity index is 910. The average molecular weight is 420 g/mol. The zero-order valence-electron chi connectivity index (χ0n) is 17.4. The summed E-state index contributed by atoms with van der Waals surface area (Å²) in [7, 11) is 0. The standard InChI is InChI=1S/C21H29N3O4S/c1-5-28-21(27)23-18(25)13-29-20-22-17-12-7-6-11-16(17)19(26)24(20)15(4)10-8-9-14(2)3/h6-7,11-12,14-15H,5,8-10,13H2,1-4H3,(H,23,25,27)/t15-/m0/s1. The van der Waals surface area contributed by atoms with Gasteiger partial charge in [0.25, 0.3) is 5.56 Å². The molecule has 0 saturated carbocycles. The molecule has 0 fully saturated rings. The summed E-state index contributed by atoms with van der Waals surface area (Å²) in [6, 6.07) is 7.15. The number of ether oxygens (including phenoxy) is 1. The van der Waals surface area contributed by atoms with Crippen LogP contribution in [0.15, 0.2) is 34.2 Å². The number of hydrogen-bond acceptors (Lipinski definition) is 6. The zero-order valence-corrected chi connectivity index (χ0v) is 18.3. The highest BCUT2D eigenvalue weighted by atomic mass is 32.2. The SMILES string of the molecule is CCOC(=O)NC(=O)CSc1nc2ccccc2c(=O)n1[C@@H](C)CCCC(C)C. The van der Waals surface area contributed by atoms with Gasteiger partial charge in [0.05, 0.1) is 23.3 Å². The van der Waals surface area contributed by atoms with Gasteiger partial charge in [0.2, 0.25) is 5.91 Å². The van der Waals surface area contributed by atoms with E-state index in [2.05, 4.69) is 24.1 Å². The van der Waals surface area contributed by atoms with Gasteiger partial charge in [0.15, 0.2) is 5.16 Å². The fraction of sp³-hybridized carbons (Fsp3) is 0.524. The van der Waals surface area contributed by atoms with E-state index in [-0.39, 0.29) is 24.0 Å². The fourth-order valence-corrected chi connectivity index (χ4v) is 3.91. The number of rotatable bonds is 9. The second-order valence-electron chi connectivity index (χ2n) is 7.32. The molecular formula is C21H29N3O4S. The fourth-order valence-electron chi connectivity index (χ4n) is 3.01. The number of alkyl carbamates (subject to hydrolysis) is 1. The molecule has 1 atom stereocenters. The number of para-hydroxylation sites is 1. The molecule has 0 spiro atoms. The highest BCUT2D eigenvalue weighted by molar-refractivity contribution is 7.99. The summed E-state index contributed by atoms with van der Waals surface area (Å²) in [5.41, 5.74) is 0.484. The molecule has 1 aromatic heterocycles. The van der Waals surface area contributed by atoms with Crippen LogP contribution in [0.5, 0.6) is 0 Å². The third-order valence-corrected chi connectivity index (χ3v) is 5.42. The summed E-state index contributed by atoms with van der Waals surface area (Å²) < 4.78 is 6.39. The molecule has 0 bridgehead atoms. The number of amides is 2. The summed E-state index contributed by atoms with van der Waals surface area (Å²) in [5, 5.41) is 3.20. The molecular weight excluding hydrogens is 390 g/mol. The largest absolute Gasteiger partial charge is 0.450 e. The minimum Gasteiger partial charge on any atom is -0.450 e. The quantitative estimate of drug-likeness (QED) is 0.485. The van der Waals surface area contributed by atoms with Crippen molar-refractivity contribution in [3.05, 3.63) is 34.6 Å². The summed E-state index contributed by atoms with van der Waals surface area (Å²) in [6.45, 7) is 8.21. The number of thioether (sulfide) groups is 1. The van der Waals surface area contributed by atoms with Crippen molar-refractivity contribution < 1.29 is 14.3 Å². The smallest absolute Gasteiger partial charge is 0.413 e. The van der Waals surface area contributed by atoms with Gasteiger partial charge in [-0.05, 0) is 38.3 Å². The van der Waals surface area contributed by atoms with Crippen molar-refractivity contribution in [2.45, 2.75) is 58.2 Å². The van der Waals surface area contributed by atoms with E-state index in [0.29, 0.717) is 22.0 Å². The van der Waals surface area contributed by atoms with Crippen LogP contribution in [-0.2, 0) is 9.53 Å². The number of aromatic nitrogens is 2. The normalized spacial score (nSPS) is 12.2. The molecule has 1 heterocycles. The van der Waals surface area contributed by atoms with Crippen LogP contribution < -0.4 is 10.9 Å². The minimum atomic E-state index is -0.774. The van der Waals surface area contributed by atoms with Crippen molar-refractivity contribution in [2.24, 2.45) is 5.92 Å². The topological polar surface area (TPSA) is 90.3 Å². The maximum absolute atomic E-state index is 13.1. The van der Waals surface area contributed by atoms with Crippen LogP contribution in [0, 0.1) is 5.92 Å². The van der Waals surface area contributed by atoms with Crippen molar-refractivity contribution in [2.75, 3.05) is 12.4 Å². The molecule has 0 radical (unpaired) electrons. The van der Waals surface area contributed by atoms with Crippen molar-refractivity contribution >= 4 is 34.7 Å².